The van der Waals surface area contributed by atoms with Crippen molar-refractivity contribution in [2.45, 2.75) is 20.0 Å². The molecule has 0 unspecified atom stereocenters. The number of amides is 1. The summed E-state index contributed by atoms with van der Waals surface area (Å²) in [5, 5.41) is 8.83. The first kappa shape index (κ1) is 20.1. The van der Waals surface area contributed by atoms with Crippen LogP contribution in [-0.4, -0.2) is 32.7 Å². The van der Waals surface area contributed by atoms with E-state index in [1.807, 2.05) is 55.5 Å². The molecule has 1 heterocycles. The van der Waals surface area contributed by atoms with E-state index in [1.54, 1.807) is 6.08 Å². The molecule has 1 amide bonds. The molecule has 0 aromatic heterocycles. The van der Waals surface area contributed by atoms with Crippen molar-refractivity contribution >= 4 is 46.3 Å². The quantitative estimate of drug-likeness (QED) is 0.541. The number of thiocarbonyl (C=S) groups is 1. The summed E-state index contributed by atoms with van der Waals surface area (Å²) in [7, 11) is 0. The van der Waals surface area contributed by atoms with Crippen molar-refractivity contribution in [3.63, 3.8) is 0 Å². The van der Waals surface area contributed by atoms with E-state index < -0.39 is 5.97 Å². The summed E-state index contributed by atoms with van der Waals surface area (Å²) in [5.41, 5.74) is 3.02. The van der Waals surface area contributed by atoms with Crippen LogP contribution in [0.4, 0.5) is 0 Å². The third-order valence-corrected chi connectivity index (χ3v) is 5.52. The average Bonchev–Trinajstić information content (AvgIpc) is 2.93. The molecule has 144 valence electrons. The van der Waals surface area contributed by atoms with Crippen molar-refractivity contribution in [2.24, 2.45) is 0 Å². The van der Waals surface area contributed by atoms with Crippen LogP contribution >= 0.6 is 24.0 Å². The zero-order valence-electron chi connectivity index (χ0n) is 15.3. The number of aliphatic carboxylic acids is 1. The Morgan fingerprint density at radius 3 is 2.64 bits per heavy atom. The van der Waals surface area contributed by atoms with E-state index in [4.69, 9.17) is 22.1 Å². The number of rotatable bonds is 7. The topological polar surface area (TPSA) is 66.8 Å². The number of ether oxygens (including phenoxy) is 1. The predicted molar refractivity (Wildman–Crippen MR) is 114 cm³/mol. The fourth-order valence-electron chi connectivity index (χ4n) is 2.62. The Hall–Kier alpha value is -2.64. The number of aryl methyl sites for hydroxylation is 1. The summed E-state index contributed by atoms with van der Waals surface area (Å²) < 4.78 is 6.32. The SMILES string of the molecule is Cc1ccc(COc2ccccc2/C=C2\SC(=S)N(CCC(=O)O)C2=O)cc1. The van der Waals surface area contributed by atoms with Gasteiger partial charge in [0.1, 0.15) is 16.7 Å². The Morgan fingerprint density at radius 1 is 1.21 bits per heavy atom. The van der Waals surface area contributed by atoms with Crippen molar-refractivity contribution in [1.29, 1.82) is 0 Å². The number of nitrogens with zero attached hydrogens (tertiary/aromatic N) is 1. The molecule has 0 radical (unpaired) electrons. The number of carboxylic acids is 1. The molecule has 1 N–H and O–H groups in total. The van der Waals surface area contributed by atoms with Gasteiger partial charge in [0.05, 0.1) is 11.3 Å². The molecule has 1 saturated heterocycles. The maximum Gasteiger partial charge on any atom is 0.305 e. The lowest BCUT2D eigenvalue weighted by Crippen LogP contribution is -2.30. The van der Waals surface area contributed by atoms with Crippen molar-refractivity contribution in [3.05, 3.63) is 70.1 Å². The van der Waals surface area contributed by atoms with Gasteiger partial charge in [-0.25, -0.2) is 0 Å². The molecule has 0 spiro atoms. The molecule has 3 rings (SSSR count). The van der Waals surface area contributed by atoms with Crippen LogP contribution in [0.25, 0.3) is 6.08 Å². The molecule has 1 aliphatic heterocycles. The molecule has 0 bridgehead atoms. The molecule has 1 fully saturated rings. The van der Waals surface area contributed by atoms with Crippen LogP contribution in [0.3, 0.4) is 0 Å². The first-order valence-electron chi connectivity index (χ1n) is 8.68. The molecule has 0 saturated carbocycles. The number of carboxylic acid groups (broad SMARTS) is 1. The molecule has 28 heavy (non-hydrogen) atoms. The number of carbonyl (C=O) groups excluding carboxylic acids is 1. The molecule has 2 aromatic carbocycles. The van der Waals surface area contributed by atoms with Crippen LogP contribution in [0, 0.1) is 6.92 Å². The van der Waals surface area contributed by atoms with Gasteiger partial charge in [-0.05, 0) is 24.6 Å². The fraction of sp³-hybridized carbons (Fsp3) is 0.190. The third kappa shape index (κ3) is 4.99. The zero-order valence-corrected chi connectivity index (χ0v) is 16.9. The van der Waals surface area contributed by atoms with Crippen molar-refractivity contribution in [1.82, 2.24) is 4.90 Å². The maximum absolute atomic E-state index is 12.6. The van der Waals surface area contributed by atoms with Gasteiger partial charge in [0.25, 0.3) is 5.91 Å². The lowest BCUT2D eigenvalue weighted by molar-refractivity contribution is -0.137. The largest absolute Gasteiger partial charge is 0.488 e. The van der Waals surface area contributed by atoms with Gasteiger partial charge in [0.2, 0.25) is 0 Å². The lowest BCUT2D eigenvalue weighted by atomic mass is 10.1. The van der Waals surface area contributed by atoms with Gasteiger partial charge in [-0.1, -0.05) is 72.0 Å². The number of hydrogen-bond donors (Lipinski definition) is 1. The van der Waals surface area contributed by atoms with Crippen molar-refractivity contribution in [2.75, 3.05) is 6.54 Å². The first-order chi connectivity index (χ1) is 13.4. The Bertz CT molecular complexity index is 938. The number of thioether (sulfide) groups is 1. The predicted octanol–water partition coefficient (Wildman–Crippen LogP) is 4.25. The summed E-state index contributed by atoms with van der Waals surface area (Å²) in [4.78, 5) is 25.1. The van der Waals surface area contributed by atoms with Crippen LogP contribution in [0.15, 0.2) is 53.4 Å². The summed E-state index contributed by atoms with van der Waals surface area (Å²) >= 11 is 6.40. The fourth-order valence-corrected chi connectivity index (χ4v) is 3.92. The Kier molecular flexibility index (Phi) is 6.49. The highest BCUT2D eigenvalue weighted by Crippen LogP contribution is 2.34. The van der Waals surface area contributed by atoms with Crippen LogP contribution in [-0.2, 0) is 16.2 Å². The summed E-state index contributed by atoms with van der Waals surface area (Å²) in [5.74, 6) is -0.573. The van der Waals surface area contributed by atoms with Gasteiger partial charge in [-0.2, -0.15) is 0 Å². The molecular formula is C21H19NO4S2. The van der Waals surface area contributed by atoms with E-state index in [2.05, 4.69) is 0 Å². The maximum atomic E-state index is 12.6. The third-order valence-electron chi connectivity index (χ3n) is 4.14. The standard InChI is InChI=1S/C21H19NO4S2/c1-14-6-8-15(9-7-14)13-26-17-5-3-2-4-16(17)12-18-20(25)22(21(27)28-18)11-10-19(23)24/h2-9,12H,10-11,13H2,1H3,(H,23,24)/b18-12-. The second kappa shape index (κ2) is 9.03. The molecule has 0 aliphatic carbocycles. The van der Waals surface area contributed by atoms with Crippen LogP contribution in [0.2, 0.25) is 0 Å². The van der Waals surface area contributed by atoms with Gasteiger partial charge >= 0.3 is 5.97 Å². The zero-order chi connectivity index (χ0) is 20.1. The van der Waals surface area contributed by atoms with Gasteiger partial charge in [-0.15, -0.1) is 0 Å². The lowest BCUT2D eigenvalue weighted by Gasteiger charge is -2.12. The van der Waals surface area contributed by atoms with Gasteiger partial charge < -0.3 is 9.84 Å². The minimum Gasteiger partial charge on any atom is -0.488 e. The van der Waals surface area contributed by atoms with Crippen LogP contribution < -0.4 is 4.74 Å². The number of carbonyl (C=O) groups is 2. The summed E-state index contributed by atoms with van der Waals surface area (Å²) in [6, 6.07) is 15.6. The minimum absolute atomic E-state index is 0.0723. The monoisotopic (exact) mass is 413 g/mol. The van der Waals surface area contributed by atoms with Crippen molar-refractivity contribution in [3.8, 4) is 5.75 Å². The number of para-hydroxylation sites is 1. The second-order valence-corrected chi connectivity index (χ2v) is 7.96. The van der Waals surface area contributed by atoms with Gasteiger partial charge in [0, 0.05) is 12.1 Å². The molecule has 0 atom stereocenters. The number of benzene rings is 2. The minimum atomic E-state index is -0.965. The van der Waals surface area contributed by atoms with Crippen LogP contribution in [0.5, 0.6) is 5.75 Å². The van der Waals surface area contributed by atoms with E-state index >= 15 is 0 Å². The molecule has 2 aromatic rings. The van der Waals surface area contributed by atoms with E-state index in [9.17, 15) is 9.59 Å². The van der Waals surface area contributed by atoms with E-state index in [0.717, 1.165) is 11.1 Å². The smallest absolute Gasteiger partial charge is 0.305 e. The highest BCUT2D eigenvalue weighted by molar-refractivity contribution is 8.26. The van der Waals surface area contributed by atoms with Crippen LogP contribution in [0.1, 0.15) is 23.1 Å². The second-order valence-electron chi connectivity index (χ2n) is 6.29. The van der Waals surface area contributed by atoms with Gasteiger partial charge in [0.15, 0.2) is 0 Å². The van der Waals surface area contributed by atoms with E-state index in [-0.39, 0.29) is 18.9 Å². The summed E-state index contributed by atoms with van der Waals surface area (Å²) in [6.45, 7) is 2.53. The van der Waals surface area contributed by atoms with E-state index in [0.29, 0.717) is 21.6 Å². The summed E-state index contributed by atoms with van der Waals surface area (Å²) in [6.07, 6.45) is 1.60. The molecule has 7 heteroatoms. The molecular weight excluding hydrogens is 394 g/mol. The highest BCUT2D eigenvalue weighted by atomic mass is 32.2. The molecule has 5 nitrogen and oxygen atoms in total. The number of hydrogen-bond acceptors (Lipinski definition) is 5. The molecule has 1 aliphatic rings. The Balaban J connectivity index is 1.75. The average molecular weight is 414 g/mol. The highest BCUT2D eigenvalue weighted by Gasteiger charge is 2.32. The normalized spacial score (nSPS) is 15.3. The van der Waals surface area contributed by atoms with Gasteiger partial charge in [-0.3, -0.25) is 14.5 Å². The van der Waals surface area contributed by atoms with Crippen molar-refractivity contribution < 1.29 is 19.4 Å². The Morgan fingerprint density at radius 2 is 1.93 bits per heavy atom. The van der Waals surface area contributed by atoms with E-state index in [1.165, 1.54) is 22.2 Å². The Labute approximate surface area is 173 Å². The first-order valence-corrected chi connectivity index (χ1v) is 9.91.